The summed E-state index contributed by atoms with van der Waals surface area (Å²) in [6.07, 6.45) is 2.61. The molecule has 0 spiro atoms. The van der Waals surface area contributed by atoms with Gasteiger partial charge in [0.25, 0.3) is 5.24 Å². The summed E-state index contributed by atoms with van der Waals surface area (Å²) in [7, 11) is 3.31. The maximum Gasteiger partial charge on any atom is 0.387 e. The van der Waals surface area contributed by atoms with Crippen molar-refractivity contribution in [3.8, 4) is 5.75 Å². The molecular formula is C19H18F2N2O3S. The first kappa shape index (κ1) is 20.4. The Kier molecular flexibility index (Phi) is 7.36. The van der Waals surface area contributed by atoms with Gasteiger partial charge in [-0.05, 0) is 42.1 Å². The van der Waals surface area contributed by atoms with Gasteiger partial charge in [-0.25, -0.2) is 0 Å². The Bertz CT molecular complexity index is 841. The minimum atomic E-state index is -2.95. The average Bonchev–Trinajstić information content (AvgIpc) is 2.60. The molecule has 0 aliphatic heterocycles. The Morgan fingerprint density at radius 1 is 1.15 bits per heavy atom. The van der Waals surface area contributed by atoms with Crippen LogP contribution < -0.4 is 10.1 Å². The van der Waals surface area contributed by atoms with Gasteiger partial charge in [0.1, 0.15) is 5.75 Å². The average molecular weight is 392 g/mol. The second-order valence-electron chi connectivity index (χ2n) is 5.53. The summed E-state index contributed by atoms with van der Waals surface area (Å²) in [5, 5.41) is 2.53. The molecule has 0 radical (unpaired) electrons. The molecular weight excluding hydrogens is 374 g/mol. The third-order valence-electron chi connectivity index (χ3n) is 3.22. The van der Waals surface area contributed by atoms with E-state index in [2.05, 4.69) is 10.1 Å². The van der Waals surface area contributed by atoms with Crippen LogP contribution in [0, 0.1) is 0 Å². The number of rotatable bonds is 6. The largest absolute Gasteiger partial charge is 0.434 e. The predicted octanol–water partition coefficient (Wildman–Crippen LogP) is 4.71. The number of halogens is 2. The van der Waals surface area contributed by atoms with E-state index in [1.165, 1.54) is 23.1 Å². The van der Waals surface area contributed by atoms with Crippen molar-refractivity contribution in [1.29, 1.82) is 0 Å². The zero-order valence-corrected chi connectivity index (χ0v) is 15.5. The molecule has 0 heterocycles. The lowest BCUT2D eigenvalue weighted by Crippen LogP contribution is -2.16. The number of ether oxygens (including phenoxy) is 1. The van der Waals surface area contributed by atoms with Crippen LogP contribution in [0.15, 0.2) is 59.5 Å². The van der Waals surface area contributed by atoms with Gasteiger partial charge in [-0.2, -0.15) is 8.78 Å². The first-order valence-corrected chi connectivity index (χ1v) is 8.69. The Hall–Kier alpha value is -2.87. The fourth-order valence-electron chi connectivity index (χ4n) is 2.00. The van der Waals surface area contributed by atoms with Gasteiger partial charge in [0.15, 0.2) is 0 Å². The highest BCUT2D eigenvalue weighted by Crippen LogP contribution is 2.24. The highest BCUT2D eigenvalue weighted by atomic mass is 32.2. The molecule has 27 heavy (non-hydrogen) atoms. The van der Waals surface area contributed by atoms with Crippen LogP contribution in [0.2, 0.25) is 0 Å². The van der Waals surface area contributed by atoms with E-state index in [1.807, 2.05) is 0 Å². The van der Waals surface area contributed by atoms with Gasteiger partial charge in [0, 0.05) is 36.3 Å². The second kappa shape index (κ2) is 9.72. The fourth-order valence-corrected chi connectivity index (χ4v) is 2.72. The number of benzene rings is 2. The number of hydrogen-bond donors (Lipinski definition) is 1. The van der Waals surface area contributed by atoms with E-state index >= 15 is 0 Å². The zero-order valence-electron chi connectivity index (χ0n) is 14.7. The molecule has 0 atom stereocenters. The van der Waals surface area contributed by atoms with Crippen molar-refractivity contribution in [2.45, 2.75) is 11.5 Å². The number of para-hydroxylation sites is 1. The molecule has 2 aromatic carbocycles. The number of nitrogens with one attached hydrogen (secondary N) is 1. The Labute approximate surface area is 160 Å². The summed E-state index contributed by atoms with van der Waals surface area (Å²) >= 11 is 1.04. The molecule has 8 heteroatoms. The van der Waals surface area contributed by atoms with Gasteiger partial charge < -0.3 is 15.0 Å². The molecule has 1 N–H and O–H groups in total. The molecule has 0 saturated heterocycles. The quantitative estimate of drug-likeness (QED) is 0.571. The van der Waals surface area contributed by atoms with Crippen molar-refractivity contribution in [2.75, 3.05) is 19.4 Å². The summed E-state index contributed by atoms with van der Waals surface area (Å²) in [6, 6.07) is 13.0. The molecule has 2 aromatic rings. The number of nitrogens with zero attached hydrogens (tertiary/aromatic N) is 1. The normalized spacial score (nSPS) is 10.9. The van der Waals surface area contributed by atoms with E-state index in [1.54, 1.807) is 56.6 Å². The number of amides is 2. The highest BCUT2D eigenvalue weighted by molar-refractivity contribution is 8.13. The minimum absolute atomic E-state index is 0.0165. The van der Waals surface area contributed by atoms with Gasteiger partial charge in [-0.1, -0.05) is 24.3 Å². The van der Waals surface area contributed by atoms with Gasteiger partial charge in [-0.3, -0.25) is 9.59 Å². The molecule has 0 unspecified atom stereocenters. The lowest BCUT2D eigenvalue weighted by Gasteiger charge is -2.10. The molecule has 2 rings (SSSR count). The Morgan fingerprint density at radius 2 is 1.89 bits per heavy atom. The number of carbonyl (C=O) groups excluding carboxylic acids is 2. The zero-order chi connectivity index (χ0) is 19.8. The lowest BCUT2D eigenvalue weighted by molar-refractivity contribution is -0.111. The Morgan fingerprint density at radius 3 is 2.59 bits per heavy atom. The van der Waals surface area contributed by atoms with Gasteiger partial charge in [0.2, 0.25) is 5.91 Å². The van der Waals surface area contributed by atoms with Crippen molar-refractivity contribution in [3.63, 3.8) is 0 Å². The van der Waals surface area contributed by atoms with E-state index in [4.69, 9.17) is 0 Å². The monoisotopic (exact) mass is 392 g/mol. The van der Waals surface area contributed by atoms with E-state index in [0.29, 0.717) is 16.1 Å². The Balaban J connectivity index is 2.04. The number of anilines is 1. The number of alkyl halides is 2. The SMILES string of the molecule is CN(C)C(=O)Sc1cccc(NC(=O)C=Cc2ccccc2OC(F)F)c1. The lowest BCUT2D eigenvalue weighted by atomic mass is 10.2. The van der Waals surface area contributed by atoms with Gasteiger partial charge in [-0.15, -0.1) is 0 Å². The topological polar surface area (TPSA) is 58.6 Å². The summed E-state index contributed by atoms with van der Waals surface area (Å²) in [5.41, 5.74) is 0.868. The smallest absolute Gasteiger partial charge is 0.387 e. The van der Waals surface area contributed by atoms with Crippen LogP contribution in [0.4, 0.5) is 19.3 Å². The molecule has 0 aromatic heterocycles. The maximum atomic E-state index is 12.4. The second-order valence-corrected chi connectivity index (χ2v) is 6.55. The van der Waals surface area contributed by atoms with E-state index < -0.39 is 12.5 Å². The van der Waals surface area contributed by atoms with Crippen LogP contribution in [0.1, 0.15) is 5.56 Å². The standard InChI is InChI=1S/C19H18F2N2O3S/c1-23(2)19(25)27-15-8-5-7-14(12-15)22-17(24)11-10-13-6-3-4-9-16(13)26-18(20)21/h3-12,18H,1-2H3,(H,22,24). The van der Waals surface area contributed by atoms with Crippen LogP contribution in [-0.2, 0) is 4.79 Å². The molecule has 0 saturated carbocycles. The van der Waals surface area contributed by atoms with E-state index in [-0.39, 0.29) is 11.0 Å². The molecule has 0 fully saturated rings. The first-order chi connectivity index (χ1) is 12.8. The first-order valence-electron chi connectivity index (χ1n) is 7.87. The van der Waals surface area contributed by atoms with Crippen LogP contribution in [0.3, 0.4) is 0 Å². The fraction of sp³-hybridized carbons (Fsp3) is 0.158. The van der Waals surface area contributed by atoms with E-state index in [9.17, 15) is 18.4 Å². The predicted molar refractivity (Wildman–Crippen MR) is 102 cm³/mol. The summed E-state index contributed by atoms with van der Waals surface area (Å²) < 4.78 is 29.2. The molecule has 142 valence electrons. The third-order valence-corrected chi connectivity index (χ3v) is 4.25. The number of carbonyl (C=O) groups is 2. The maximum absolute atomic E-state index is 12.4. The molecule has 0 aliphatic carbocycles. The minimum Gasteiger partial charge on any atom is -0.434 e. The molecule has 5 nitrogen and oxygen atoms in total. The van der Waals surface area contributed by atoms with Crippen LogP contribution >= 0.6 is 11.8 Å². The number of thioether (sulfide) groups is 1. The van der Waals surface area contributed by atoms with Gasteiger partial charge in [0.05, 0.1) is 0 Å². The third kappa shape index (κ3) is 6.74. The van der Waals surface area contributed by atoms with Crippen molar-refractivity contribution in [3.05, 3.63) is 60.2 Å². The number of hydrogen-bond acceptors (Lipinski definition) is 4. The van der Waals surface area contributed by atoms with Crippen LogP contribution in [-0.4, -0.2) is 36.8 Å². The van der Waals surface area contributed by atoms with Crippen molar-refractivity contribution >= 4 is 34.7 Å². The van der Waals surface area contributed by atoms with E-state index in [0.717, 1.165) is 11.8 Å². The summed E-state index contributed by atoms with van der Waals surface area (Å²) in [6.45, 7) is -2.95. The highest BCUT2D eigenvalue weighted by Gasteiger charge is 2.09. The van der Waals surface area contributed by atoms with Crippen LogP contribution in [0.25, 0.3) is 6.08 Å². The van der Waals surface area contributed by atoms with Crippen molar-refractivity contribution < 1.29 is 23.1 Å². The van der Waals surface area contributed by atoms with Crippen molar-refractivity contribution in [1.82, 2.24) is 4.90 Å². The van der Waals surface area contributed by atoms with Gasteiger partial charge >= 0.3 is 6.61 Å². The molecule has 0 aliphatic rings. The molecule has 2 amide bonds. The van der Waals surface area contributed by atoms with Crippen LogP contribution in [0.5, 0.6) is 5.75 Å². The molecule has 0 bridgehead atoms. The summed E-state index contributed by atoms with van der Waals surface area (Å²) in [5.74, 6) is -0.458. The summed E-state index contributed by atoms with van der Waals surface area (Å²) in [4.78, 5) is 26.0. The van der Waals surface area contributed by atoms with Crippen molar-refractivity contribution in [2.24, 2.45) is 0 Å².